The number of nitrogens with one attached hydrogen (secondary N) is 1. The molecule has 0 spiro atoms. The minimum Gasteiger partial charge on any atom is -0.306 e. The second-order valence-electron chi connectivity index (χ2n) is 5.30. The lowest BCUT2D eigenvalue weighted by Gasteiger charge is -2.20. The van der Waals surface area contributed by atoms with Gasteiger partial charge in [-0.25, -0.2) is 8.78 Å². The molecule has 0 bridgehead atoms. The molecule has 1 unspecified atom stereocenters. The minimum absolute atomic E-state index is 0.260. The topological polar surface area (TPSA) is 29.9 Å². The summed E-state index contributed by atoms with van der Waals surface area (Å²) in [5.41, 5.74) is 3.43. The van der Waals surface area contributed by atoms with Gasteiger partial charge in [0.25, 0.3) is 0 Å². The number of aromatic nitrogens is 2. The van der Waals surface area contributed by atoms with Gasteiger partial charge in [-0.05, 0) is 44.5 Å². The first-order chi connectivity index (χ1) is 9.93. The largest absolute Gasteiger partial charge is 0.306 e. The highest BCUT2D eigenvalue weighted by Crippen LogP contribution is 2.28. The maximum absolute atomic E-state index is 13.5. The van der Waals surface area contributed by atoms with Crippen molar-refractivity contribution in [3.05, 3.63) is 52.3 Å². The van der Waals surface area contributed by atoms with E-state index in [9.17, 15) is 8.78 Å². The number of rotatable bonds is 5. The Morgan fingerprint density at radius 3 is 2.29 bits per heavy atom. The predicted molar refractivity (Wildman–Crippen MR) is 79.2 cm³/mol. The summed E-state index contributed by atoms with van der Waals surface area (Å²) in [6.45, 7) is 6.69. The van der Waals surface area contributed by atoms with Gasteiger partial charge in [0.15, 0.2) is 0 Å². The van der Waals surface area contributed by atoms with Crippen LogP contribution in [0.1, 0.15) is 41.9 Å². The monoisotopic (exact) mass is 293 g/mol. The van der Waals surface area contributed by atoms with E-state index in [2.05, 4.69) is 17.3 Å². The second kappa shape index (κ2) is 6.35. The molecule has 0 aliphatic heterocycles. The van der Waals surface area contributed by atoms with E-state index in [0.29, 0.717) is 5.56 Å². The van der Waals surface area contributed by atoms with E-state index in [1.165, 1.54) is 12.1 Å². The van der Waals surface area contributed by atoms with E-state index >= 15 is 0 Å². The van der Waals surface area contributed by atoms with Crippen LogP contribution in [0.3, 0.4) is 0 Å². The molecule has 1 atom stereocenters. The maximum Gasteiger partial charge on any atom is 0.126 e. The van der Waals surface area contributed by atoms with E-state index < -0.39 is 11.6 Å². The lowest BCUT2D eigenvalue weighted by atomic mass is 9.96. The number of halogens is 2. The Balaban J connectivity index is 2.52. The molecule has 3 nitrogen and oxygen atoms in total. The molecule has 1 heterocycles. The zero-order valence-corrected chi connectivity index (χ0v) is 12.9. The van der Waals surface area contributed by atoms with E-state index in [-0.39, 0.29) is 6.04 Å². The molecule has 1 N–H and O–H groups in total. The van der Waals surface area contributed by atoms with Crippen LogP contribution in [-0.2, 0) is 7.05 Å². The number of hydrogen-bond donors (Lipinski definition) is 1. The van der Waals surface area contributed by atoms with Gasteiger partial charge in [-0.3, -0.25) is 4.68 Å². The molecule has 114 valence electrons. The van der Waals surface area contributed by atoms with Gasteiger partial charge < -0.3 is 5.32 Å². The van der Waals surface area contributed by atoms with Crippen molar-refractivity contribution in [1.82, 2.24) is 15.1 Å². The van der Waals surface area contributed by atoms with Crippen molar-refractivity contribution >= 4 is 0 Å². The summed E-state index contributed by atoms with van der Waals surface area (Å²) < 4.78 is 28.9. The van der Waals surface area contributed by atoms with Crippen molar-refractivity contribution in [2.75, 3.05) is 6.54 Å². The van der Waals surface area contributed by atoms with Crippen LogP contribution in [0.15, 0.2) is 18.2 Å². The third-order valence-electron chi connectivity index (χ3n) is 3.67. The Morgan fingerprint density at radius 2 is 1.81 bits per heavy atom. The lowest BCUT2D eigenvalue weighted by Crippen LogP contribution is -2.24. The van der Waals surface area contributed by atoms with E-state index in [4.69, 9.17) is 0 Å². The number of aryl methyl sites for hydroxylation is 2. The van der Waals surface area contributed by atoms with Gasteiger partial charge in [0, 0.05) is 24.4 Å². The summed E-state index contributed by atoms with van der Waals surface area (Å²) in [5, 5.41) is 7.76. The molecule has 1 aromatic carbocycles. The molecule has 21 heavy (non-hydrogen) atoms. The standard InChI is InChI=1S/C16H21F2N3/c1-5-6-19-16(12-7-13(17)9-14(18)8-12)15-10(2)20-21(4)11(15)3/h7-9,16,19H,5-6H2,1-4H3. The average Bonchev–Trinajstić information content (AvgIpc) is 2.64. The van der Waals surface area contributed by atoms with Gasteiger partial charge in [0.1, 0.15) is 11.6 Å². The van der Waals surface area contributed by atoms with Crippen LogP contribution < -0.4 is 5.32 Å². The molecule has 0 amide bonds. The summed E-state index contributed by atoms with van der Waals surface area (Å²) in [5.74, 6) is -1.13. The quantitative estimate of drug-likeness (QED) is 0.915. The van der Waals surface area contributed by atoms with Crippen molar-refractivity contribution in [3.63, 3.8) is 0 Å². The Labute approximate surface area is 124 Å². The van der Waals surface area contributed by atoms with Crippen molar-refractivity contribution in [2.45, 2.75) is 33.2 Å². The van der Waals surface area contributed by atoms with Crippen LogP contribution in [0.5, 0.6) is 0 Å². The SMILES string of the molecule is CCCNC(c1cc(F)cc(F)c1)c1c(C)nn(C)c1C. The number of hydrogen-bond acceptors (Lipinski definition) is 2. The number of benzene rings is 1. The lowest BCUT2D eigenvalue weighted by molar-refractivity contribution is 0.556. The Hall–Kier alpha value is -1.75. The third-order valence-corrected chi connectivity index (χ3v) is 3.67. The van der Waals surface area contributed by atoms with E-state index in [1.54, 1.807) is 4.68 Å². The van der Waals surface area contributed by atoms with E-state index in [1.807, 2.05) is 20.9 Å². The fourth-order valence-electron chi connectivity index (χ4n) is 2.62. The minimum atomic E-state index is -0.563. The molecule has 2 aromatic rings. The van der Waals surface area contributed by atoms with Crippen LogP contribution >= 0.6 is 0 Å². The summed E-state index contributed by atoms with van der Waals surface area (Å²) in [7, 11) is 1.87. The fraction of sp³-hybridized carbons (Fsp3) is 0.438. The van der Waals surface area contributed by atoms with Crippen molar-refractivity contribution in [2.24, 2.45) is 7.05 Å². The van der Waals surface area contributed by atoms with Crippen molar-refractivity contribution in [1.29, 1.82) is 0 Å². The summed E-state index contributed by atoms with van der Waals surface area (Å²) in [4.78, 5) is 0. The summed E-state index contributed by atoms with van der Waals surface area (Å²) in [6.07, 6.45) is 0.937. The van der Waals surface area contributed by atoms with Crippen LogP contribution in [0, 0.1) is 25.5 Å². The van der Waals surface area contributed by atoms with Gasteiger partial charge in [-0.15, -0.1) is 0 Å². The average molecular weight is 293 g/mol. The molecular weight excluding hydrogens is 272 g/mol. The summed E-state index contributed by atoms with van der Waals surface area (Å²) in [6, 6.07) is 3.39. The van der Waals surface area contributed by atoms with Crippen molar-refractivity contribution < 1.29 is 8.78 Å². The second-order valence-corrected chi connectivity index (χ2v) is 5.30. The molecule has 0 saturated heterocycles. The molecular formula is C16H21F2N3. The first kappa shape index (κ1) is 15.6. The van der Waals surface area contributed by atoms with Gasteiger partial charge >= 0.3 is 0 Å². The Kier molecular flexibility index (Phi) is 4.73. The third kappa shape index (κ3) is 3.29. The number of nitrogens with zero attached hydrogens (tertiary/aromatic N) is 2. The molecule has 2 rings (SSSR count). The van der Waals surface area contributed by atoms with Gasteiger partial charge in [-0.1, -0.05) is 6.92 Å². The Morgan fingerprint density at radius 1 is 1.19 bits per heavy atom. The first-order valence-electron chi connectivity index (χ1n) is 7.13. The molecule has 0 fully saturated rings. The molecule has 0 radical (unpaired) electrons. The van der Waals surface area contributed by atoms with Crippen LogP contribution in [0.25, 0.3) is 0 Å². The van der Waals surface area contributed by atoms with Crippen molar-refractivity contribution in [3.8, 4) is 0 Å². The van der Waals surface area contributed by atoms with E-state index in [0.717, 1.165) is 36.0 Å². The maximum atomic E-state index is 13.5. The molecule has 0 aliphatic carbocycles. The van der Waals surface area contributed by atoms with Gasteiger partial charge in [0.2, 0.25) is 0 Å². The van der Waals surface area contributed by atoms with Gasteiger partial charge in [0.05, 0.1) is 11.7 Å². The highest BCUT2D eigenvalue weighted by atomic mass is 19.1. The molecule has 0 aliphatic rings. The normalized spacial score (nSPS) is 12.7. The zero-order chi connectivity index (χ0) is 15.6. The van der Waals surface area contributed by atoms with Crippen LogP contribution in [0.4, 0.5) is 8.78 Å². The molecule has 5 heteroatoms. The predicted octanol–water partition coefficient (Wildman–Crippen LogP) is 3.40. The highest BCUT2D eigenvalue weighted by Gasteiger charge is 2.22. The highest BCUT2D eigenvalue weighted by molar-refractivity contribution is 5.37. The van der Waals surface area contributed by atoms with Crippen LogP contribution in [-0.4, -0.2) is 16.3 Å². The fourth-order valence-corrected chi connectivity index (χ4v) is 2.62. The molecule has 0 saturated carbocycles. The van der Waals surface area contributed by atoms with Crippen LogP contribution in [0.2, 0.25) is 0 Å². The zero-order valence-electron chi connectivity index (χ0n) is 12.9. The Bertz CT molecular complexity index is 614. The smallest absolute Gasteiger partial charge is 0.126 e. The first-order valence-corrected chi connectivity index (χ1v) is 7.13. The van der Waals surface area contributed by atoms with Gasteiger partial charge in [-0.2, -0.15) is 5.10 Å². The summed E-state index contributed by atoms with van der Waals surface area (Å²) >= 11 is 0. The molecule has 1 aromatic heterocycles.